The van der Waals surface area contributed by atoms with E-state index < -0.39 is 6.10 Å². The molecular formula is C18H21BrO2. The van der Waals surface area contributed by atoms with Gasteiger partial charge in [-0.3, -0.25) is 0 Å². The molecule has 2 aromatic carbocycles. The van der Waals surface area contributed by atoms with Gasteiger partial charge >= 0.3 is 0 Å². The molecule has 1 N–H and O–H groups in total. The van der Waals surface area contributed by atoms with Crippen LogP contribution in [0.25, 0.3) is 0 Å². The van der Waals surface area contributed by atoms with Crippen molar-refractivity contribution in [3.63, 3.8) is 0 Å². The van der Waals surface area contributed by atoms with Gasteiger partial charge in [0.05, 0.1) is 6.10 Å². The minimum Gasteiger partial charge on any atom is -0.457 e. The Morgan fingerprint density at radius 3 is 2.33 bits per heavy atom. The van der Waals surface area contributed by atoms with Crippen molar-refractivity contribution in [2.45, 2.75) is 39.2 Å². The zero-order valence-corrected chi connectivity index (χ0v) is 14.2. The first-order valence-corrected chi connectivity index (χ1v) is 8.06. The quantitative estimate of drug-likeness (QED) is 0.738. The highest BCUT2D eigenvalue weighted by molar-refractivity contribution is 9.10. The number of hydrogen-bond acceptors (Lipinski definition) is 2. The van der Waals surface area contributed by atoms with Crippen molar-refractivity contribution in [2.75, 3.05) is 0 Å². The van der Waals surface area contributed by atoms with Gasteiger partial charge in [-0.15, -0.1) is 0 Å². The average molecular weight is 349 g/mol. The van der Waals surface area contributed by atoms with E-state index in [9.17, 15) is 5.11 Å². The Hall–Kier alpha value is -1.32. The average Bonchev–Trinajstić information content (AvgIpc) is 2.49. The normalized spacial score (nSPS) is 12.5. The van der Waals surface area contributed by atoms with Crippen LogP contribution < -0.4 is 4.74 Å². The number of benzene rings is 2. The molecule has 0 bridgehead atoms. The lowest BCUT2D eigenvalue weighted by molar-refractivity contribution is 0.173. The molecule has 0 aliphatic rings. The second-order valence-electron chi connectivity index (χ2n) is 5.43. The van der Waals surface area contributed by atoms with Crippen molar-refractivity contribution < 1.29 is 9.84 Å². The molecule has 112 valence electrons. The van der Waals surface area contributed by atoms with Crippen LogP contribution in [0.5, 0.6) is 11.5 Å². The fraction of sp³-hybridized carbons (Fsp3) is 0.333. The molecule has 0 aromatic heterocycles. The van der Waals surface area contributed by atoms with E-state index in [4.69, 9.17) is 4.74 Å². The Morgan fingerprint density at radius 2 is 1.76 bits per heavy atom. The van der Waals surface area contributed by atoms with Gasteiger partial charge in [-0.25, -0.2) is 0 Å². The Bertz CT molecular complexity index is 591. The minimum atomic E-state index is -0.405. The smallest absolute Gasteiger partial charge is 0.130 e. The largest absolute Gasteiger partial charge is 0.457 e. The fourth-order valence-electron chi connectivity index (χ4n) is 2.18. The third-order valence-corrected chi connectivity index (χ3v) is 3.97. The van der Waals surface area contributed by atoms with Gasteiger partial charge in [-0.1, -0.05) is 48.8 Å². The highest BCUT2D eigenvalue weighted by Gasteiger charge is 2.10. The van der Waals surface area contributed by atoms with Crippen molar-refractivity contribution in [1.29, 1.82) is 0 Å². The van der Waals surface area contributed by atoms with Crippen molar-refractivity contribution in [1.82, 2.24) is 0 Å². The zero-order valence-electron chi connectivity index (χ0n) is 12.6. The van der Waals surface area contributed by atoms with E-state index >= 15 is 0 Å². The highest BCUT2D eigenvalue weighted by Crippen LogP contribution is 2.33. The monoisotopic (exact) mass is 348 g/mol. The van der Waals surface area contributed by atoms with Crippen LogP contribution in [-0.4, -0.2) is 5.11 Å². The van der Waals surface area contributed by atoms with Crippen LogP contribution in [0.3, 0.4) is 0 Å². The van der Waals surface area contributed by atoms with Crippen molar-refractivity contribution in [3.8, 4) is 11.5 Å². The van der Waals surface area contributed by atoms with E-state index in [1.54, 1.807) is 0 Å². The van der Waals surface area contributed by atoms with Gasteiger partial charge in [0.2, 0.25) is 0 Å². The molecule has 0 amide bonds. The van der Waals surface area contributed by atoms with Gasteiger partial charge in [-0.05, 0) is 53.8 Å². The lowest BCUT2D eigenvalue weighted by Crippen LogP contribution is -1.96. The topological polar surface area (TPSA) is 29.5 Å². The van der Waals surface area contributed by atoms with Crippen molar-refractivity contribution in [3.05, 3.63) is 58.1 Å². The van der Waals surface area contributed by atoms with Crippen LogP contribution in [0, 0.1) is 0 Å². The molecule has 0 spiro atoms. The van der Waals surface area contributed by atoms with Gasteiger partial charge in [0.15, 0.2) is 0 Å². The summed E-state index contributed by atoms with van der Waals surface area (Å²) >= 11 is 3.50. The highest BCUT2D eigenvalue weighted by atomic mass is 79.9. The van der Waals surface area contributed by atoms with Crippen LogP contribution in [-0.2, 0) is 0 Å². The number of aliphatic hydroxyl groups is 1. The Labute approximate surface area is 134 Å². The Morgan fingerprint density at radius 1 is 1.10 bits per heavy atom. The molecule has 0 radical (unpaired) electrons. The first-order valence-electron chi connectivity index (χ1n) is 7.26. The standard InChI is InChI=1S/C18H21BrO2/c1-4-17(20)13-5-8-15(9-6-13)21-18-10-7-14(19)11-16(18)12(2)3/h5-12,17,20H,4H2,1-3H3/t17-/m0/s1. The molecule has 1 atom stereocenters. The maximum Gasteiger partial charge on any atom is 0.130 e. The second-order valence-corrected chi connectivity index (χ2v) is 6.35. The van der Waals surface area contributed by atoms with Crippen molar-refractivity contribution >= 4 is 15.9 Å². The molecule has 2 nitrogen and oxygen atoms in total. The predicted molar refractivity (Wildman–Crippen MR) is 90.0 cm³/mol. The van der Waals surface area contributed by atoms with E-state index in [1.807, 2.05) is 43.3 Å². The van der Waals surface area contributed by atoms with E-state index in [-0.39, 0.29) is 0 Å². The molecule has 2 aromatic rings. The maximum absolute atomic E-state index is 9.81. The van der Waals surface area contributed by atoms with E-state index in [0.29, 0.717) is 12.3 Å². The number of ether oxygens (including phenoxy) is 1. The summed E-state index contributed by atoms with van der Waals surface area (Å²) in [5.74, 6) is 2.04. The number of aliphatic hydroxyl groups excluding tert-OH is 1. The van der Waals surface area contributed by atoms with Crippen LogP contribution in [0.15, 0.2) is 46.9 Å². The summed E-state index contributed by atoms with van der Waals surface area (Å²) in [6, 6.07) is 13.7. The number of rotatable bonds is 5. The fourth-order valence-corrected chi connectivity index (χ4v) is 2.56. The minimum absolute atomic E-state index is 0.388. The van der Waals surface area contributed by atoms with E-state index in [2.05, 4.69) is 35.8 Å². The van der Waals surface area contributed by atoms with E-state index in [0.717, 1.165) is 21.5 Å². The summed E-state index contributed by atoms with van der Waals surface area (Å²) in [6.07, 6.45) is 0.308. The maximum atomic E-state index is 9.81. The summed E-state index contributed by atoms with van der Waals surface area (Å²) < 4.78 is 7.05. The molecule has 0 saturated heterocycles. The van der Waals surface area contributed by atoms with Gasteiger partial charge in [-0.2, -0.15) is 0 Å². The van der Waals surface area contributed by atoms with Crippen LogP contribution in [0.2, 0.25) is 0 Å². The Balaban J connectivity index is 2.22. The van der Waals surface area contributed by atoms with Crippen LogP contribution in [0.4, 0.5) is 0 Å². The third-order valence-electron chi connectivity index (χ3n) is 3.47. The molecule has 0 fully saturated rings. The first-order chi connectivity index (χ1) is 10.0. The molecule has 0 aliphatic carbocycles. The summed E-state index contributed by atoms with van der Waals surface area (Å²) in [4.78, 5) is 0. The van der Waals surface area contributed by atoms with E-state index in [1.165, 1.54) is 5.56 Å². The molecule has 2 rings (SSSR count). The van der Waals surface area contributed by atoms with Gasteiger partial charge in [0.1, 0.15) is 11.5 Å². The molecule has 3 heteroatoms. The molecular weight excluding hydrogens is 328 g/mol. The summed E-state index contributed by atoms with van der Waals surface area (Å²) in [7, 11) is 0. The molecule has 21 heavy (non-hydrogen) atoms. The second kappa shape index (κ2) is 7.10. The van der Waals surface area contributed by atoms with Crippen LogP contribution >= 0.6 is 15.9 Å². The SMILES string of the molecule is CC[C@H](O)c1ccc(Oc2ccc(Br)cc2C(C)C)cc1. The third kappa shape index (κ3) is 4.08. The zero-order chi connectivity index (χ0) is 15.4. The summed E-state index contributed by atoms with van der Waals surface area (Å²) in [5.41, 5.74) is 2.09. The predicted octanol–water partition coefficient (Wildman–Crippen LogP) is 5.81. The van der Waals surface area contributed by atoms with Gasteiger partial charge in [0, 0.05) is 4.47 Å². The summed E-state index contributed by atoms with van der Waals surface area (Å²) in [5, 5.41) is 9.81. The first kappa shape index (κ1) is 16.1. The van der Waals surface area contributed by atoms with Gasteiger partial charge < -0.3 is 9.84 Å². The van der Waals surface area contributed by atoms with Gasteiger partial charge in [0.25, 0.3) is 0 Å². The van der Waals surface area contributed by atoms with Crippen LogP contribution in [0.1, 0.15) is 50.3 Å². The Kier molecular flexibility index (Phi) is 5.43. The molecule has 0 saturated carbocycles. The van der Waals surface area contributed by atoms with Crippen molar-refractivity contribution in [2.24, 2.45) is 0 Å². The number of halogens is 1. The molecule has 0 aliphatic heterocycles. The lowest BCUT2D eigenvalue weighted by Gasteiger charge is -2.15. The molecule has 0 unspecified atom stereocenters. The molecule has 0 heterocycles. The summed E-state index contributed by atoms with van der Waals surface area (Å²) in [6.45, 7) is 6.26. The lowest BCUT2D eigenvalue weighted by atomic mass is 10.0. The number of hydrogen-bond donors (Lipinski definition) is 1.